The quantitative estimate of drug-likeness (QED) is 0.824. The second-order valence-corrected chi connectivity index (χ2v) is 5.47. The summed E-state index contributed by atoms with van der Waals surface area (Å²) in [7, 11) is 0. The predicted molar refractivity (Wildman–Crippen MR) is 77.4 cm³/mol. The van der Waals surface area contributed by atoms with Gasteiger partial charge in [-0.3, -0.25) is 4.90 Å². The first kappa shape index (κ1) is 15.2. The molecule has 0 bridgehead atoms. The first-order valence-electron chi connectivity index (χ1n) is 6.55. The molecule has 3 atom stereocenters. The van der Waals surface area contributed by atoms with E-state index in [1.165, 1.54) is 5.56 Å². The molecule has 0 amide bonds. The molecular formula is C14H23N3S. The Morgan fingerprint density at radius 2 is 2.22 bits per heavy atom. The second-order valence-electron chi connectivity index (χ2n) is 4.69. The van der Waals surface area contributed by atoms with Gasteiger partial charge in [-0.2, -0.15) is 16.6 Å². The fourth-order valence-corrected chi connectivity index (χ4v) is 2.92. The molecule has 0 fully saturated rings. The fourth-order valence-electron chi connectivity index (χ4n) is 2.23. The van der Waals surface area contributed by atoms with Gasteiger partial charge in [0, 0.05) is 12.6 Å². The lowest BCUT2D eigenvalue weighted by molar-refractivity contribution is 0.166. The van der Waals surface area contributed by atoms with E-state index in [-0.39, 0.29) is 18.0 Å². The highest BCUT2D eigenvalue weighted by Crippen LogP contribution is 2.27. The molecule has 0 saturated carbocycles. The fraction of sp³-hybridized carbons (Fsp3) is 0.643. The molecule has 0 saturated heterocycles. The third-order valence-corrected chi connectivity index (χ3v) is 3.99. The highest BCUT2D eigenvalue weighted by Gasteiger charge is 2.26. The van der Waals surface area contributed by atoms with Crippen LogP contribution in [0.3, 0.4) is 0 Å². The molecule has 0 radical (unpaired) electrons. The second kappa shape index (κ2) is 7.52. The molecule has 0 aliphatic rings. The first-order chi connectivity index (χ1) is 8.63. The van der Waals surface area contributed by atoms with E-state index in [1.54, 1.807) is 11.3 Å². The zero-order chi connectivity index (χ0) is 13.5. The Kier molecular flexibility index (Phi) is 6.34. The van der Waals surface area contributed by atoms with Gasteiger partial charge in [0.05, 0.1) is 18.0 Å². The molecule has 1 aromatic heterocycles. The van der Waals surface area contributed by atoms with Crippen molar-refractivity contribution in [3.63, 3.8) is 0 Å². The van der Waals surface area contributed by atoms with Gasteiger partial charge in [-0.15, -0.1) is 0 Å². The Morgan fingerprint density at radius 1 is 1.50 bits per heavy atom. The van der Waals surface area contributed by atoms with E-state index in [0.29, 0.717) is 0 Å². The van der Waals surface area contributed by atoms with Crippen molar-refractivity contribution in [2.75, 3.05) is 13.1 Å². The molecule has 3 nitrogen and oxygen atoms in total. The smallest absolute Gasteiger partial charge is 0.0666 e. The Balaban J connectivity index is 2.90. The van der Waals surface area contributed by atoms with Crippen molar-refractivity contribution in [1.82, 2.24) is 4.90 Å². The maximum absolute atomic E-state index is 8.98. The average Bonchev–Trinajstić information content (AvgIpc) is 2.90. The van der Waals surface area contributed by atoms with Gasteiger partial charge >= 0.3 is 0 Å². The lowest BCUT2D eigenvalue weighted by Gasteiger charge is -2.35. The van der Waals surface area contributed by atoms with Gasteiger partial charge in [0.1, 0.15) is 0 Å². The van der Waals surface area contributed by atoms with Crippen LogP contribution in [0.15, 0.2) is 16.8 Å². The Bertz CT molecular complexity index is 369. The molecule has 100 valence electrons. The number of hydrogen-bond acceptors (Lipinski definition) is 4. The summed E-state index contributed by atoms with van der Waals surface area (Å²) >= 11 is 1.70. The van der Waals surface area contributed by atoms with Crippen molar-refractivity contribution in [2.45, 2.75) is 39.3 Å². The third-order valence-electron chi connectivity index (χ3n) is 3.29. The summed E-state index contributed by atoms with van der Waals surface area (Å²) in [6.45, 7) is 7.91. The minimum atomic E-state index is 0.0372. The van der Waals surface area contributed by atoms with E-state index in [4.69, 9.17) is 11.0 Å². The van der Waals surface area contributed by atoms with Gasteiger partial charge in [0.15, 0.2) is 0 Å². The predicted octanol–water partition coefficient (Wildman–Crippen LogP) is 3.01. The van der Waals surface area contributed by atoms with E-state index in [9.17, 15) is 0 Å². The largest absolute Gasteiger partial charge is 0.326 e. The maximum atomic E-state index is 8.98. The van der Waals surface area contributed by atoms with Crippen LogP contribution in [-0.4, -0.2) is 24.0 Å². The zero-order valence-corrected chi connectivity index (χ0v) is 12.3. The minimum absolute atomic E-state index is 0.0372. The van der Waals surface area contributed by atoms with Gasteiger partial charge in [0.25, 0.3) is 0 Å². The summed E-state index contributed by atoms with van der Waals surface area (Å²) in [5, 5.41) is 13.2. The number of hydrogen-bond donors (Lipinski definition) is 1. The molecule has 0 aliphatic heterocycles. The zero-order valence-electron chi connectivity index (χ0n) is 11.5. The van der Waals surface area contributed by atoms with E-state index >= 15 is 0 Å². The molecule has 1 heterocycles. The molecule has 0 aliphatic carbocycles. The summed E-state index contributed by atoms with van der Waals surface area (Å²) in [5.74, 6) is 0.0372. The monoisotopic (exact) mass is 265 g/mol. The van der Waals surface area contributed by atoms with E-state index in [0.717, 1.165) is 19.5 Å². The SMILES string of the molecule is CCC(N)C(c1ccsc1)N(CC)CC(C)C#N. The van der Waals surface area contributed by atoms with Crippen molar-refractivity contribution in [2.24, 2.45) is 11.7 Å². The van der Waals surface area contributed by atoms with Gasteiger partial charge in [-0.25, -0.2) is 0 Å². The Hall–Kier alpha value is -0.890. The molecule has 4 heteroatoms. The molecular weight excluding hydrogens is 242 g/mol. The molecule has 0 spiro atoms. The van der Waals surface area contributed by atoms with Crippen LogP contribution in [-0.2, 0) is 0 Å². The molecule has 3 unspecified atom stereocenters. The first-order valence-corrected chi connectivity index (χ1v) is 7.49. The number of thiophene rings is 1. The Labute approximate surface area is 114 Å². The molecule has 1 aromatic rings. The van der Waals surface area contributed by atoms with Crippen LogP contribution in [0.1, 0.15) is 38.8 Å². The van der Waals surface area contributed by atoms with Crippen molar-refractivity contribution >= 4 is 11.3 Å². The summed E-state index contributed by atoms with van der Waals surface area (Å²) < 4.78 is 0. The highest BCUT2D eigenvalue weighted by atomic mass is 32.1. The highest BCUT2D eigenvalue weighted by molar-refractivity contribution is 7.07. The van der Waals surface area contributed by atoms with Gasteiger partial charge < -0.3 is 5.73 Å². The van der Waals surface area contributed by atoms with Crippen molar-refractivity contribution in [3.05, 3.63) is 22.4 Å². The normalized spacial score (nSPS) is 16.2. The van der Waals surface area contributed by atoms with Gasteiger partial charge in [-0.1, -0.05) is 13.8 Å². The van der Waals surface area contributed by atoms with Crippen LogP contribution in [0.5, 0.6) is 0 Å². The molecule has 18 heavy (non-hydrogen) atoms. The van der Waals surface area contributed by atoms with Gasteiger partial charge in [-0.05, 0) is 42.3 Å². The maximum Gasteiger partial charge on any atom is 0.0666 e. The lowest BCUT2D eigenvalue weighted by atomic mass is 9.97. The van der Waals surface area contributed by atoms with E-state index < -0.39 is 0 Å². The van der Waals surface area contributed by atoms with Crippen LogP contribution in [0.4, 0.5) is 0 Å². The molecule has 1 rings (SSSR count). The Morgan fingerprint density at radius 3 is 2.67 bits per heavy atom. The summed E-state index contributed by atoms with van der Waals surface area (Å²) in [6.07, 6.45) is 0.942. The summed E-state index contributed by atoms with van der Waals surface area (Å²) in [4.78, 5) is 2.32. The third kappa shape index (κ3) is 3.81. The minimum Gasteiger partial charge on any atom is -0.326 e. The van der Waals surface area contributed by atoms with Crippen LogP contribution in [0.2, 0.25) is 0 Å². The van der Waals surface area contributed by atoms with Gasteiger partial charge in [0.2, 0.25) is 0 Å². The number of rotatable bonds is 7. The topological polar surface area (TPSA) is 53.0 Å². The van der Waals surface area contributed by atoms with Crippen LogP contribution in [0.25, 0.3) is 0 Å². The van der Waals surface area contributed by atoms with E-state index in [1.807, 2.05) is 6.92 Å². The number of nitrogens with two attached hydrogens (primary N) is 1. The van der Waals surface area contributed by atoms with Crippen molar-refractivity contribution < 1.29 is 0 Å². The van der Waals surface area contributed by atoms with Crippen LogP contribution >= 0.6 is 11.3 Å². The summed E-state index contributed by atoms with van der Waals surface area (Å²) in [5.41, 5.74) is 7.56. The molecule has 0 aromatic carbocycles. The van der Waals surface area contributed by atoms with Crippen molar-refractivity contribution in [1.29, 1.82) is 5.26 Å². The average molecular weight is 265 g/mol. The standard InChI is InChI=1S/C14H23N3S/c1-4-13(16)14(12-6-7-18-10-12)17(5-2)9-11(3)8-15/h6-7,10-11,13-14H,4-5,9,16H2,1-3H3. The van der Waals surface area contributed by atoms with Crippen LogP contribution in [0, 0.1) is 17.2 Å². The van der Waals surface area contributed by atoms with Crippen molar-refractivity contribution in [3.8, 4) is 6.07 Å². The summed E-state index contributed by atoms with van der Waals surface area (Å²) in [6, 6.07) is 4.79. The lowest BCUT2D eigenvalue weighted by Crippen LogP contribution is -2.42. The number of nitriles is 1. The van der Waals surface area contributed by atoms with E-state index in [2.05, 4.69) is 41.6 Å². The number of likely N-dealkylation sites (N-methyl/N-ethyl adjacent to an activating group) is 1. The number of nitrogens with zero attached hydrogens (tertiary/aromatic N) is 2. The molecule has 2 N–H and O–H groups in total. The van der Waals surface area contributed by atoms with Crippen LogP contribution < -0.4 is 5.73 Å².